The molecule has 2 bridgehead atoms. The van der Waals surface area contributed by atoms with Gasteiger partial charge < -0.3 is 14.8 Å². The summed E-state index contributed by atoms with van der Waals surface area (Å²) in [5.74, 6) is 0.385. The minimum Gasteiger partial charge on any atom is -0.484 e. The van der Waals surface area contributed by atoms with Crippen molar-refractivity contribution in [3.05, 3.63) is 58.6 Å². The van der Waals surface area contributed by atoms with Crippen LogP contribution in [0.15, 0.2) is 48.5 Å². The summed E-state index contributed by atoms with van der Waals surface area (Å²) in [7, 11) is 1.66. The Morgan fingerprint density at radius 3 is 2.14 bits per heavy atom. The third-order valence-corrected chi connectivity index (χ3v) is 5.87. The molecule has 2 aromatic rings. The number of halogens is 2. The Morgan fingerprint density at radius 1 is 1.00 bits per heavy atom. The Bertz CT molecular complexity index is 911. The summed E-state index contributed by atoms with van der Waals surface area (Å²) < 4.78 is 11.2. The van der Waals surface area contributed by atoms with E-state index in [-0.39, 0.29) is 18.1 Å². The average Bonchev–Trinajstić information content (AvgIpc) is 2.65. The van der Waals surface area contributed by atoms with E-state index in [9.17, 15) is 9.59 Å². The van der Waals surface area contributed by atoms with E-state index in [0.29, 0.717) is 40.7 Å². The van der Waals surface area contributed by atoms with E-state index in [1.54, 1.807) is 55.6 Å². The van der Waals surface area contributed by atoms with Crippen molar-refractivity contribution < 1.29 is 19.1 Å². The van der Waals surface area contributed by atoms with Crippen molar-refractivity contribution in [1.82, 2.24) is 5.32 Å². The number of carbonyl (C=O) groups is 2. The van der Waals surface area contributed by atoms with E-state index in [1.807, 2.05) is 0 Å². The third kappa shape index (κ3) is 4.14. The summed E-state index contributed by atoms with van der Waals surface area (Å²) in [6.45, 7) is -0.0739. The maximum absolute atomic E-state index is 12.4. The predicted octanol–water partition coefficient (Wildman–Crippen LogP) is 4.44. The highest BCUT2D eigenvalue weighted by Crippen LogP contribution is 2.62. The lowest BCUT2D eigenvalue weighted by Gasteiger charge is -2.68. The number of benzene rings is 2. The minimum absolute atomic E-state index is 0.0739. The van der Waals surface area contributed by atoms with Crippen molar-refractivity contribution in [2.24, 2.45) is 0 Å². The number of nitrogens with zero attached hydrogens (tertiary/aromatic N) is 1. The minimum atomic E-state index is -0.484. The number of anilines is 1. The second-order valence-electron chi connectivity index (χ2n) is 7.69. The van der Waals surface area contributed by atoms with E-state index >= 15 is 0 Å². The highest BCUT2D eigenvalue weighted by atomic mass is 35.5. The standard InChI is InChI=1S/C21H20Cl2N2O4/c1-25(16-6-2-14(22)3-7-16)19(27)29-21-11-20(12-21,13-21)24-18(26)10-28-17-8-4-15(23)5-9-17/h2-9H,10-13H2,1H3,(H,24,26). The summed E-state index contributed by atoms with van der Waals surface area (Å²) >= 11 is 11.7. The van der Waals surface area contributed by atoms with E-state index in [2.05, 4.69) is 5.32 Å². The van der Waals surface area contributed by atoms with Gasteiger partial charge in [-0.2, -0.15) is 0 Å². The molecular formula is C21H20Cl2N2O4. The van der Waals surface area contributed by atoms with Gasteiger partial charge in [0.2, 0.25) is 0 Å². The maximum Gasteiger partial charge on any atom is 0.414 e. The normalized spacial score (nSPS) is 24.0. The van der Waals surface area contributed by atoms with Gasteiger partial charge in [-0.15, -0.1) is 0 Å². The van der Waals surface area contributed by atoms with E-state index in [1.165, 1.54) is 4.90 Å². The second-order valence-corrected chi connectivity index (χ2v) is 8.56. The molecule has 8 heteroatoms. The van der Waals surface area contributed by atoms with Crippen LogP contribution in [0.4, 0.5) is 10.5 Å². The molecule has 1 N–H and O–H groups in total. The fraction of sp³-hybridized carbons (Fsp3) is 0.333. The lowest BCUT2D eigenvalue weighted by atomic mass is 9.46. The van der Waals surface area contributed by atoms with Crippen molar-refractivity contribution >= 4 is 40.9 Å². The number of hydrogen-bond acceptors (Lipinski definition) is 4. The highest BCUT2D eigenvalue weighted by Gasteiger charge is 2.71. The zero-order chi connectivity index (χ0) is 20.6. The van der Waals surface area contributed by atoms with Gasteiger partial charge in [0, 0.05) is 42.0 Å². The Balaban J connectivity index is 1.22. The molecule has 29 heavy (non-hydrogen) atoms. The molecule has 0 heterocycles. The van der Waals surface area contributed by atoms with Gasteiger partial charge >= 0.3 is 6.09 Å². The van der Waals surface area contributed by atoms with Crippen molar-refractivity contribution in [1.29, 1.82) is 0 Å². The zero-order valence-electron chi connectivity index (χ0n) is 15.8. The van der Waals surface area contributed by atoms with Crippen LogP contribution in [0.25, 0.3) is 0 Å². The average molecular weight is 435 g/mol. The van der Waals surface area contributed by atoms with Crippen LogP contribution in [0.3, 0.4) is 0 Å². The van der Waals surface area contributed by atoms with Gasteiger partial charge in [0.05, 0.1) is 5.54 Å². The van der Waals surface area contributed by atoms with Crippen LogP contribution in [0.2, 0.25) is 10.0 Å². The first-order chi connectivity index (χ1) is 13.8. The number of amides is 2. The molecule has 2 amide bonds. The van der Waals surface area contributed by atoms with Crippen LogP contribution in [-0.4, -0.2) is 36.8 Å². The number of ether oxygens (including phenoxy) is 2. The Hall–Kier alpha value is -2.44. The highest BCUT2D eigenvalue weighted by molar-refractivity contribution is 6.30. The molecule has 0 saturated heterocycles. The molecule has 0 spiro atoms. The predicted molar refractivity (Wildman–Crippen MR) is 111 cm³/mol. The van der Waals surface area contributed by atoms with Crippen LogP contribution in [0.1, 0.15) is 19.3 Å². The van der Waals surface area contributed by atoms with Crippen LogP contribution in [-0.2, 0) is 9.53 Å². The third-order valence-electron chi connectivity index (χ3n) is 5.36. The molecule has 3 aliphatic carbocycles. The first kappa shape index (κ1) is 19.9. The van der Waals surface area contributed by atoms with Crippen molar-refractivity contribution in [3.8, 4) is 5.75 Å². The van der Waals surface area contributed by atoms with Crippen molar-refractivity contribution in [2.75, 3.05) is 18.6 Å². The monoisotopic (exact) mass is 434 g/mol. The molecule has 5 rings (SSSR count). The molecule has 0 atom stereocenters. The second kappa shape index (κ2) is 7.43. The summed E-state index contributed by atoms with van der Waals surface area (Å²) in [6, 6.07) is 13.8. The first-order valence-electron chi connectivity index (χ1n) is 9.20. The van der Waals surface area contributed by atoms with Gasteiger partial charge in [-0.3, -0.25) is 9.69 Å². The lowest BCUT2D eigenvalue weighted by molar-refractivity contribution is -0.218. The molecule has 2 aromatic carbocycles. The van der Waals surface area contributed by atoms with Gasteiger partial charge in [-0.05, 0) is 48.5 Å². The number of rotatable bonds is 6. The maximum atomic E-state index is 12.4. The molecule has 152 valence electrons. The molecule has 3 fully saturated rings. The Kier molecular flexibility index (Phi) is 5.09. The lowest BCUT2D eigenvalue weighted by Crippen LogP contribution is -2.80. The molecule has 0 aliphatic heterocycles. The fourth-order valence-corrected chi connectivity index (χ4v) is 4.22. The van der Waals surface area contributed by atoms with Crippen LogP contribution >= 0.6 is 23.2 Å². The van der Waals surface area contributed by atoms with Gasteiger partial charge in [0.15, 0.2) is 6.61 Å². The quantitative estimate of drug-likeness (QED) is 0.729. The summed E-state index contributed by atoms with van der Waals surface area (Å²) in [4.78, 5) is 26.0. The topological polar surface area (TPSA) is 67.9 Å². The van der Waals surface area contributed by atoms with Crippen molar-refractivity contribution in [3.63, 3.8) is 0 Å². The van der Waals surface area contributed by atoms with Gasteiger partial charge in [-0.1, -0.05) is 23.2 Å². The Labute approximate surface area is 178 Å². The largest absolute Gasteiger partial charge is 0.484 e. The van der Waals surface area contributed by atoms with Crippen LogP contribution in [0.5, 0.6) is 5.75 Å². The van der Waals surface area contributed by atoms with Crippen LogP contribution in [0, 0.1) is 0 Å². The molecular weight excluding hydrogens is 415 g/mol. The van der Waals surface area contributed by atoms with Gasteiger partial charge in [0.1, 0.15) is 11.4 Å². The smallest absolute Gasteiger partial charge is 0.414 e. The number of carbonyl (C=O) groups excluding carboxylic acids is 2. The molecule has 0 aromatic heterocycles. The summed E-state index contributed by atoms with van der Waals surface area (Å²) in [6.07, 6.45) is 1.44. The first-order valence-corrected chi connectivity index (χ1v) is 9.96. The molecule has 0 unspecified atom stereocenters. The van der Waals surface area contributed by atoms with Crippen LogP contribution < -0.4 is 15.0 Å². The fourth-order valence-electron chi connectivity index (χ4n) is 3.97. The molecule has 0 radical (unpaired) electrons. The van der Waals surface area contributed by atoms with E-state index in [0.717, 1.165) is 0 Å². The Morgan fingerprint density at radius 2 is 1.55 bits per heavy atom. The molecule has 3 saturated carbocycles. The number of nitrogens with one attached hydrogen (secondary N) is 1. The number of hydrogen-bond donors (Lipinski definition) is 1. The zero-order valence-corrected chi connectivity index (χ0v) is 17.3. The SMILES string of the molecule is CN(C(=O)OC12CC(NC(=O)COc3ccc(Cl)cc3)(C1)C2)c1ccc(Cl)cc1. The van der Waals surface area contributed by atoms with Crippen molar-refractivity contribution in [2.45, 2.75) is 30.4 Å². The summed E-state index contributed by atoms with van der Waals surface area (Å²) in [5, 5.41) is 4.21. The van der Waals surface area contributed by atoms with E-state index in [4.69, 9.17) is 32.7 Å². The van der Waals surface area contributed by atoms with E-state index < -0.39 is 11.7 Å². The van der Waals surface area contributed by atoms with Gasteiger partial charge in [0.25, 0.3) is 5.91 Å². The van der Waals surface area contributed by atoms with Gasteiger partial charge in [-0.25, -0.2) is 4.79 Å². The molecule has 6 nitrogen and oxygen atoms in total. The summed E-state index contributed by atoms with van der Waals surface area (Å²) in [5.41, 5.74) is -0.0740. The molecule has 3 aliphatic rings.